The number of nitrogens with one attached hydrogen (secondary N) is 1. The van der Waals surface area contributed by atoms with Crippen molar-refractivity contribution in [2.45, 2.75) is 24.2 Å². The van der Waals surface area contributed by atoms with Crippen LogP contribution in [-0.2, 0) is 0 Å². The molecule has 0 bridgehead atoms. The fourth-order valence-electron chi connectivity index (χ4n) is 1.36. The minimum atomic E-state index is -0.870. The van der Waals surface area contributed by atoms with Crippen molar-refractivity contribution in [3.8, 4) is 0 Å². The van der Waals surface area contributed by atoms with Gasteiger partial charge < -0.3 is 25.7 Å². The van der Waals surface area contributed by atoms with Gasteiger partial charge in [0.2, 0.25) is 0 Å². The Balaban J connectivity index is 2.58. The Hall–Kier alpha value is -0.200. The maximum atomic E-state index is 9.26. The largest absolute Gasteiger partial charge is 0.394 e. The van der Waals surface area contributed by atoms with Gasteiger partial charge in [0.1, 0.15) is 0 Å². The van der Waals surface area contributed by atoms with E-state index >= 15 is 0 Å². The minimum absolute atomic E-state index is 0.168. The summed E-state index contributed by atoms with van der Waals surface area (Å²) in [5.41, 5.74) is -0.835. The highest BCUT2D eigenvalue weighted by Crippen LogP contribution is 2.18. The van der Waals surface area contributed by atoms with Gasteiger partial charge in [-0.2, -0.15) is 0 Å². The van der Waals surface area contributed by atoms with E-state index in [0.29, 0.717) is 0 Å². The first kappa shape index (κ1) is 9.88. The second-order valence-electron chi connectivity index (χ2n) is 3.32. The van der Waals surface area contributed by atoms with Crippen LogP contribution in [0, 0.1) is 0 Å². The van der Waals surface area contributed by atoms with Crippen LogP contribution in [0.2, 0.25) is 0 Å². The smallest absolute Gasteiger partial charge is 0.0924 e. The van der Waals surface area contributed by atoms with E-state index in [1.54, 1.807) is 0 Å². The van der Waals surface area contributed by atoms with Crippen LogP contribution < -0.4 is 5.32 Å². The molecule has 0 amide bonds. The predicted octanol–water partition coefficient (Wildman–Crippen LogP) is -2.58. The van der Waals surface area contributed by atoms with Crippen LogP contribution in [0.4, 0.5) is 0 Å². The Morgan fingerprint density at radius 2 is 1.75 bits per heavy atom. The van der Waals surface area contributed by atoms with E-state index < -0.39 is 17.7 Å². The molecule has 1 saturated heterocycles. The Kier molecular flexibility index (Phi) is 3.03. The van der Waals surface area contributed by atoms with Crippen molar-refractivity contribution >= 4 is 0 Å². The van der Waals surface area contributed by atoms with Crippen molar-refractivity contribution in [1.82, 2.24) is 5.32 Å². The molecule has 1 rings (SSSR count). The normalized spacial score (nSPS) is 35.0. The van der Waals surface area contributed by atoms with Crippen LogP contribution in [0.3, 0.4) is 0 Å². The highest BCUT2D eigenvalue weighted by atomic mass is 16.3. The van der Waals surface area contributed by atoms with Crippen LogP contribution >= 0.6 is 0 Å². The molecule has 12 heavy (non-hydrogen) atoms. The van der Waals surface area contributed by atoms with E-state index in [4.69, 9.17) is 15.3 Å². The average molecular weight is 177 g/mol. The van der Waals surface area contributed by atoms with Crippen LogP contribution in [0.15, 0.2) is 0 Å². The highest BCUT2D eigenvalue weighted by molar-refractivity contribution is 4.96. The molecule has 2 atom stereocenters. The third kappa shape index (κ3) is 1.75. The third-order valence-electron chi connectivity index (χ3n) is 2.34. The number of rotatable bonds is 2. The van der Waals surface area contributed by atoms with Gasteiger partial charge in [-0.1, -0.05) is 0 Å². The second-order valence-corrected chi connectivity index (χ2v) is 3.32. The summed E-state index contributed by atoms with van der Waals surface area (Å²) in [7, 11) is 0. The average Bonchev–Trinajstić information content (AvgIpc) is 2.10. The Morgan fingerprint density at radius 1 is 1.17 bits per heavy atom. The van der Waals surface area contributed by atoms with Gasteiger partial charge in [-0.3, -0.25) is 0 Å². The molecule has 1 aliphatic heterocycles. The third-order valence-corrected chi connectivity index (χ3v) is 2.34. The van der Waals surface area contributed by atoms with Gasteiger partial charge in [-0.05, 0) is 6.42 Å². The number of piperidine rings is 1. The molecule has 0 aliphatic carbocycles. The molecule has 0 aromatic rings. The summed E-state index contributed by atoms with van der Waals surface area (Å²) < 4.78 is 0. The maximum Gasteiger partial charge on any atom is 0.0924 e. The zero-order valence-corrected chi connectivity index (χ0v) is 6.77. The van der Waals surface area contributed by atoms with E-state index in [0.717, 1.165) is 0 Å². The molecule has 0 aromatic heterocycles. The van der Waals surface area contributed by atoms with E-state index in [1.807, 2.05) is 0 Å². The van der Waals surface area contributed by atoms with Crippen LogP contribution in [0.25, 0.3) is 0 Å². The summed E-state index contributed by atoms with van der Waals surface area (Å²) in [6.07, 6.45) is -1.51. The zero-order valence-electron chi connectivity index (χ0n) is 6.77. The van der Waals surface area contributed by atoms with Crippen molar-refractivity contribution < 1.29 is 20.4 Å². The van der Waals surface area contributed by atoms with Gasteiger partial charge >= 0.3 is 0 Å². The number of hydrogen-bond acceptors (Lipinski definition) is 5. The molecule has 0 radical (unpaired) electrons. The van der Waals surface area contributed by atoms with Gasteiger partial charge in [0, 0.05) is 6.54 Å². The first-order chi connectivity index (χ1) is 5.63. The number of hydrogen-bond donors (Lipinski definition) is 5. The van der Waals surface area contributed by atoms with E-state index in [-0.39, 0.29) is 26.2 Å². The van der Waals surface area contributed by atoms with Gasteiger partial charge in [0.25, 0.3) is 0 Å². The molecule has 5 N–H and O–H groups in total. The lowest BCUT2D eigenvalue weighted by molar-refractivity contribution is -0.0581. The fourth-order valence-corrected chi connectivity index (χ4v) is 1.36. The van der Waals surface area contributed by atoms with Gasteiger partial charge in [-0.25, -0.2) is 0 Å². The lowest BCUT2D eigenvalue weighted by atomic mass is 9.87. The van der Waals surface area contributed by atoms with E-state index in [1.165, 1.54) is 0 Å². The molecule has 0 saturated carbocycles. The van der Waals surface area contributed by atoms with Crippen molar-refractivity contribution in [3.63, 3.8) is 0 Å². The molecule has 5 heteroatoms. The number of β-amino-alcohol motifs (C(OH)–C–C–N with tert-alkyl or cyclic N) is 1. The van der Waals surface area contributed by atoms with Gasteiger partial charge in [0.05, 0.1) is 31.0 Å². The topological polar surface area (TPSA) is 93.0 Å². The van der Waals surface area contributed by atoms with Gasteiger partial charge in [-0.15, -0.1) is 0 Å². The molecular formula is C7H15NO4. The summed E-state index contributed by atoms with van der Waals surface area (Å²) >= 11 is 0. The molecule has 1 aliphatic rings. The molecule has 72 valence electrons. The molecule has 5 nitrogen and oxygen atoms in total. The molecule has 0 aromatic carbocycles. The summed E-state index contributed by atoms with van der Waals surface area (Å²) in [5, 5.41) is 39.1. The molecule has 1 fully saturated rings. The highest BCUT2D eigenvalue weighted by Gasteiger charge is 2.38. The van der Waals surface area contributed by atoms with Crippen molar-refractivity contribution in [2.24, 2.45) is 0 Å². The lowest BCUT2D eigenvalue weighted by Crippen LogP contribution is -2.62. The van der Waals surface area contributed by atoms with Crippen molar-refractivity contribution in [2.75, 3.05) is 19.8 Å². The van der Waals surface area contributed by atoms with Crippen LogP contribution in [0.1, 0.15) is 6.42 Å². The first-order valence-electron chi connectivity index (χ1n) is 3.96. The van der Waals surface area contributed by atoms with E-state index in [9.17, 15) is 5.11 Å². The van der Waals surface area contributed by atoms with Crippen LogP contribution in [0.5, 0.6) is 0 Å². The number of aliphatic hydroxyl groups is 4. The van der Waals surface area contributed by atoms with Gasteiger partial charge in [0.15, 0.2) is 0 Å². The lowest BCUT2D eigenvalue weighted by Gasteiger charge is -2.39. The summed E-state index contributed by atoms with van der Waals surface area (Å²) in [6.45, 7) is -0.289. The van der Waals surface area contributed by atoms with Crippen LogP contribution in [-0.4, -0.2) is 57.9 Å². The Bertz CT molecular complexity index is 148. The minimum Gasteiger partial charge on any atom is -0.394 e. The first-order valence-corrected chi connectivity index (χ1v) is 3.96. The fraction of sp³-hybridized carbons (Fsp3) is 1.00. The predicted molar refractivity (Wildman–Crippen MR) is 41.5 cm³/mol. The quantitative estimate of drug-likeness (QED) is 0.319. The van der Waals surface area contributed by atoms with Crippen molar-refractivity contribution in [3.05, 3.63) is 0 Å². The molecule has 0 spiro atoms. The Morgan fingerprint density at radius 3 is 2.17 bits per heavy atom. The second kappa shape index (κ2) is 3.68. The molecule has 1 heterocycles. The molecular weight excluding hydrogens is 162 g/mol. The number of aliphatic hydroxyl groups excluding tert-OH is 4. The van der Waals surface area contributed by atoms with Crippen molar-refractivity contribution in [1.29, 1.82) is 0 Å². The Labute approximate surface area is 70.6 Å². The standard InChI is InChI=1S/C7H15NO4/c9-3-7(4-10)1-5(11)6(12)2-8-7/h5-6,8-12H,1-4H2. The maximum absolute atomic E-state index is 9.26. The van der Waals surface area contributed by atoms with E-state index in [2.05, 4.69) is 5.32 Å². The monoisotopic (exact) mass is 177 g/mol. The summed E-state index contributed by atoms with van der Waals surface area (Å²) in [6, 6.07) is 0. The molecule has 2 unspecified atom stereocenters. The SMILES string of the molecule is OCC1(CO)CC(O)C(O)CN1. The summed E-state index contributed by atoms with van der Waals surface area (Å²) in [4.78, 5) is 0. The summed E-state index contributed by atoms with van der Waals surface area (Å²) in [5.74, 6) is 0. The zero-order chi connectivity index (χ0) is 9.19.